The normalized spacial score (nSPS) is 10.3. The van der Waals surface area contributed by atoms with E-state index < -0.39 is 36.1 Å². The molecule has 0 spiro atoms. The molecule has 7 rings (SSSR count). The van der Waals surface area contributed by atoms with Gasteiger partial charge in [-0.05, 0) is 121 Å². The molecule has 0 fully saturated rings. The van der Waals surface area contributed by atoms with Crippen molar-refractivity contribution in [1.29, 1.82) is 0 Å². The second-order valence-corrected chi connectivity index (χ2v) is 13.3. The van der Waals surface area contributed by atoms with Crippen molar-refractivity contribution in [2.45, 2.75) is 6.42 Å². The summed E-state index contributed by atoms with van der Waals surface area (Å²) in [6.07, 6.45) is -2.98. The summed E-state index contributed by atoms with van der Waals surface area (Å²) in [5.74, 6) is -0.323. The summed E-state index contributed by atoms with van der Waals surface area (Å²) in [7, 11) is 0. The fourth-order valence-corrected chi connectivity index (χ4v) is 5.74. The smallest absolute Gasteiger partial charge is 0.395 e. The standard InChI is InChI=1S/C49H34N2O12/c52-44(28-32-16-22-41(23-17-32)61-47(55)58-38-10-4-1-5-11-38)33-29-34(45(53)50-36-18-24-42(25-19-36)62-48(56)59-39-12-6-2-7-13-39)31-35(30-33)46(54)51-37-20-26-43(27-21-37)63-49(57)60-40-14-8-3-9-15-40/h1-27,29-31H,28H2,(H,50,53)(H,51,54). The van der Waals surface area contributed by atoms with Crippen LogP contribution in [-0.2, 0) is 6.42 Å². The van der Waals surface area contributed by atoms with Crippen molar-refractivity contribution < 1.29 is 57.2 Å². The predicted octanol–water partition coefficient (Wildman–Crippen LogP) is 10.3. The lowest BCUT2D eigenvalue weighted by Gasteiger charge is -2.12. The van der Waals surface area contributed by atoms with Gasteiger partial charge in [0.25, 0.3) is 11.8 Å². The number of amides is 2. The average Bonchev–Trinajstić information content (AvgIpc) is 3.29. The molecule has 63 heavy (non-hydrogen) atoms. The van der Waals surface area contributed by atoms with Crippen LogP contribution < -0.4 is 39.1 Å². The highest BCUT2D eigenvalue weighted by atomic mass is 16.7. The maximum atomic E-state index is 13.8. The fourth-order valence-electron chi connectivity index (χ4n) is 5.74. The van der Waals surface area contributed by atoms with E-state index in [0.717, 1.165) is 0 Å². The van der Waals surface area contributed by atoms with Crippen LogP contribution in [-0.4, -0.2) is 36.1 Å². The Morgan fingerprint density at radius 3 is 0.952 bits per heavy atom. The van der Waals surface area contributed by atoms with E-state index in [1.807, 2.05) is 0 Å². The van der Waals surface area contributed by atoms with E-state index in [9.17, 15) is 28.8 Å². The Hall–Kier alpha value is -9.04. The summed E-state index contributed by atoms with van der Waals surface area (Å²) < 4.78 is 31.1. The number of nitrogens with one attached hydrogen (secondary N) is 2. The van der Waals surface area contributed by atoms with Gasteiger partial charge >= 0.3 is 18.5 Å². The highest BCUT2D eigenvalue weighted by molar-refractivity contribution is 6.11. The molecule has 0 bridgehead atoms. The lowest BCUT2D eigenvalue weighted by atomic mass is 9.97. The molecule has 0 atom stereocenters. The summed E-state index contributed by atoms with van der Waals surface area (Å²) in [5, 5.41) is 5.45. The van der Waals surface area contributed by atoms with Crippen LogP contribution in [0.3, 0.4) is 0 Å². The molecule has 312 valence electrons. The zero-order chi connectivity index (χ0) is 44.0. The highest BCUT2D eigenvalue weighted by Crippen LogP contribution is 2.23. The quantitative estimate of drug-likeness (QED) is 0.0638. The van der Waals surface area contributed by atoms with Crippen molar-refractivity contribution in [2.24, 2.45) is 0 Å². The maximum Gasteiger partial charge on any atom is 0.519 e. The predicted molar refractivity (Wildman–Crippen MR) is 229 cm³/mol. The van der Waals surface area contributed by atoms with E-state index >= 15 is 0 Å². The molecule has 7 aromatic rings. The molecular formula is C49H34N2O12. The number of para-hydroxylation sites is 3. The van der Waals surface area contributed by atoms with Gasteiger partial charge in [-0.2, -0.15) is 0 Å². The molecule has 14 nitrogen and oxygen atoms in total. The molecule has 0 saturated carbocycles. The molecule has 0 aliphatic carbocycles. The topological polar surface area (TPSA) is 182 Å². The van der Waals surface area contributed by atoms with E-state index in [-0.39, 0.29) is 40.4 Å². The number of carbonyl (C=O) groups is 6. The van der Waals surface area contributed by atoms with Gasteiger partial charge in [0, 0.05) is 34.5 Å². The number of carbonyl (C=O) groups excluding carboxylic acids is 6. The molecule has 2 amide bonds. The Bertz CT molecular complexity index is 2410. The van der Waals surface area contributed by atoms with E-state index in [1.165, 1.54) is 78.9 Å². The van der Waals surface area contributed by atoms with Gasteiger partial charge in [-0.25, -0.2) is 14.4 Å². The number of hydrogen-bond donors (Lipinski definition) is 2. The van der Waals surface area contributed by atoms with Crippen molar-refractivity contribution >= 4 is 47.4 Å². The SMILES string of the molecule is O=C(Oc1ccccc1)Oc1ccc(CC(=O)c2cc(C(=O)Nc3ccc(OC(=O)Oc4ccccc4)cc3)cc(C(=O)Nc3ccc(OC(=O)Oc4ccccc4)cc3)c2)cc1. The summed E-state index contributed by atoms with van der Waals surface area (Å²) in [5.41, 5.74) is 1.21. The molecule has 0 unspecified atom stereocenters. The van der Waals surface area contributed by atoms with Crippen molar-refractivity contribution in [3.8, 4) is 34.5 Å². The monoisotopic (exact) mass is 842 g/mol. The number of ketones is 1. The van der Waals surface area contributed by atoms with Gasteiger partial charge in [-0.15, -0.1) is 0 Å². The van der Waals surface area contributed by atoms with Crippen LogP contribution in [0.4, 0.5) is 25.8 Å². The summed E-state index contributed by atoms with van der Waals surface area (Å²) in [4.78, 5) is 77.8. The minimum atomic E-state index is -0.953. The third kappa shape index (κ3) is 12.5. The first-order valence-corrected chi connectivity index (χ1v) is 19.1. The third-order valence-corrected chi connectivity index (χ3v) is 8.73. The Morgan fingerprint density at radius 2 is 0.619 bits per heavy atom. The third-order valence-electron chi connectivity index (χ3n) is 8.73. The van der Waals surface area contributed by atoms with E-state index in [2.05, 4.69) is 10.6 Å². The lowest BCUT2D eigenvalue weighted by Crippen LogP contribution is -2.18. The van der Waals surface area contributed by atoms with Crippen molar-refractivity contribution in [1.82, 2.24) is 0 Å². The van der Waals surface area contributed by atoms with Crippen molar-refractivity contribution in [3.05, 3.63) is 204 Å². The first kappa shape index (κ1) is 42.1. The molecule has 2 N–H and O–H groups in total. The van der Waals surface area contributed by atoms with Crippen LogP contribution in [0.5, 0.6) is 34.5 Å². The largest absolute Gasteiger partial charge is 0.519 e. The molecule has 0 radical (unpaired) electrons. The number of benzene rings is 7. The van der Waals surface area contributed by atoms with E-state index in [4.69, 9.17) is 28.4 Å². The molecule has 0 aliphatic rings. The van der Waals surface area contributed by atoms with Gasteiger partial charge in [0.05, 0.1) is 0 Å². The fraction of sp³-hybridized carbons (Fsp3) is 0.0204. The minimum Gasteiger partial charge on any atom is -0.395 e. The van der Waals surface area contributed by atoms with Crippen LogP contribution in [0.25, 0.3) is 0 Å². The van der Waals surface area contributed by atoms with Gasteiger partial charge in [0.1, 0.15) is 34.5 Å². The van der Waals surface area contributed by atoms with Crippen LogP contribution in [0.15, 0.2) is 182 Å². The maximum absolute atomic E-state index is 13.8. The molecule has 14 heteroatoms. The number of rotatable bonds is 13. The lowest BCUT2D eigenvalue weighted by molar-refractivity contribution is 0.0992. The Balaban J connectivity index is 1.04. The molecule has 0 heterocycles. The van der Waals surface area contributed by atoms with Crippen molar-refractivity contribution in [2.75, 3.05) is 10.6 Å². The van der Waals surface area contributed by atoms with E-state index in [0.29, 0.717) is 34.2 Å². The van der Waals surface area contributed by atoms with Gasteiger partial charge in [-0.3, -0.25) is 14.4 Å². The zero-order valence-electron chi connectivity index (χ0n) is 32.9. The summed E-state index contributed by atoms with van der Waals surface area (Å²) >= 11 is 0. The number of hydrogen-bond acceptors (Lipinski definition) is 12. The van der Waals surface area contributed by atoms with Crippen LogP contribution >= 0.6 is 0 Å². The number of Topliss-reactive ketones (excluding diaryl/α,β-unsaturated/α-hetero) is 1. The van der Waals surface area contributed by atoms with Crippen molar-refractivity contribution in [3.63, 3.8) is 0 Å². The highest BCUT2D eigenvalue weighted by Gasteiger charge is 2.19. The summed E-state index contributed by atoms with van der Waals surface area (Å²) in [6, 6.07) is 47.2. The molecule has 0 aliphatic heterocycles. The van der Waals surface area contributed by atoms with Crippen LogP contribution in [0, 0.1) is 0 Å². The molecular weight excluding hydrogens is 809 g/mol. The summed E-state index contributed by atoms with van der Waals surface area (Å²) in [6.45, 7) is 0. The van der Waals surface area contributed by atoms with E-state index in [1.54, 1.807) is 103 Å². The van der Waals surface area contributed by atoms with Gasteiger partial charge in [0.2, 0.25) is 0 Å². The van der Waals surface area contributed by atoms with Gasteiger partial charge in [-0.1, -0.05) is 66.7 Å². The number of anilines is 2. The average molecular weight is 843 g/mol. The van der Waals surface area contributed by atoms with Gasteiger partial charge in [0.15, 0.2) is 5.78 Å². The Kier molecular flexibility index (Phi) is 13.6. The molecule has 0 saturated heterocycles. The van der Waals surface area contributed by atoms with Gasteiger partial charge < -0.3 is 39.1 Å². The minimum absolute atomic E-state index is 0.0147. The zero-order valence-corrected chi connectivity index (χ0v) is 32.9. The molecule has 7 aromatic carbocycles. The van der Waals surface area contributed by atoms with Crippen LogP contribution in [0.2, 0.25) is 0 Å². The second-order valence-electron chi connectivity index (χ2n) is 13.3. The van der Waals surface area contributed by atoms with Crippen LogP contribution in [0.1, 0.15) is 36.6 Å². The first-order valence-electron chi connectivity index (χ1n) is 19.1. The second kappa shape index (κ2) is 20.3. The molecule has 0 aromatic heterocycles. The Labute approximate surface area is 359 Å². The number of ether oxygens (including phenoxy) is 6. The Morgan fingerprint density at radius 1 is 0.333 bits per heavy atom. The first-order chi connectivity index (χ1) is 30.6.